The van der Waals surface area contributed by atoms with Crippen molar-refractivity contribution < 1.29 is 4.79 Å². The summed E-state index contributed by atoms with van der Waals surface area (Å²) in [6.07, 6.45) is 2.93. The van der Waals surface area contributed by atoms with Gasteiger partial charge in [0.05, 0.1) is 0 Å². The van der Waals surface area contributed by atoms with Gasteiger partial charge in [0, 0.05) is 25.2 Å². The van der Waals surface area contributed by atoms with Gasteiger partial charge < -0.3 is 9.88 Å². The minimum Gasteiger partial charge on any atom is -0.347 e. The molecule has 3 heteroatoms. The van der Waals surface area contributed by atoms with Crippen LogP contribution in [0.25, 0.3) is 0 Å². The van der Waals surface area contributed by atoms with Crippen molar-refractivity contribution in [3.63, 3.8) is 0 Å². The molecule has 1 aliphatic carbocycles. The Morgan fingerprint density at radius 1 is 1.22 bits per heavy atom. The molecule has 1 aromatic heterocycles. The van der Waals surface area contributed by atoms with Crippen molar-refractivity contribution in [2.75, 3.05) is 0 Å². The molecule has 3 nitrogen and oxygen atoms in total. The van der Waals surface area contributed by atoms with Gasteiger partial charge in [-0.25, -0.2) is 0 Å². The van der Waals surface area contributed by atoms with Gasteiger partial charge in [-0.3, -0.25) is 4.79 Å². The van der Waals surface area contributed by atoms with Crippen molar-refractivity contribution in [2.45, 2.75) is 18.4 Å². The first-order valence-corrected chi connectivity index (χ1v) is 6.23. The van der Waals surface area contributed by atoms with E-state index in [0.29, 0.717) is 11.6 Å². The number of carbonyl (C=O) groups excluding carboxylic acids is 1. The monoisotopic (exact) mass is 240 g/mol. The third-order valence-electron chi connectivity index (χ3n) is 3.51. The van der Waals surface area contributed by atoms with E-state index in [9.17, 15) is 4.79 Å². The topological polar surface area (TPSA) is 34.0 Å². The molecule has 0 saturated heterocycles. The summed E-state index contributed by atoms with van der Waals surface area (Å²) in [6, 6.07) is 14.4. The smallest absolute Gasteiger partial charge is 0.268 e. The van der Waals surface area contributed by atoms with E-state index in [2.05, 4.69) is 17.4 Å². The summed E-state index contributed by atoms with van der Waals surface area (Å²) < 4.78 is 1.84. The molecular weight excluding hydrogens is 224 g/mol. The predicted molar refractivity (Wildman–Crippen MR) is 70.5 cm³/mol. The predicted octanol–water partition coefficient (Wildman–Crippen LogP) is 2.31. The van der Waals surface area contributed by atoms with Crippen molar-refractivity contribution in [2.24, 2.45) is 7.05 Å². The summed E-state index contributed by atoms with van der Waals surface area (Å²) in [5.41, 5.74) is 2.03. The summed E-state index contributed by atoms with van der Waals surface area (Å²) in [5, 5.41) is 3.09. The zero-order chi connectivity index (χ0) is 12.5. The van der Waals surface area contributed by atoms with Crippen LogP contribution in [0.3, 0.4) is 0 Å². The molecule has 0 aliphatic heterocycles. The van der Waals surface area contributed by atoms with Gasteiger partial charge in [-0.1, -0.05) is 30.3 Å². The fraction of sp³-hybridized carbons (Fsp3) is 0.267. The molecule has 18 heavy (non-hydrogen) atoms. The van der Waals surface area contributed by atoms with Crippen molar-refractivity contribution in [1.29, 1.82) is 0 Å². The van der Waals surface area contributed by atoms with Gasteiger partial charge >= 0.3 is 0 Å². The fourth-order valence-electron chi connectivity index (χ4n) is 2.36. The highest BCUT2D eigenvalue weighted by molar-refractivity contribution is 5.93. The normalized spacial score (nSPS) is 21.6. The molecule has 3 rings (SSSR count). The SMILES string of the molecule is Cn1cccc1C(=O)N[C@H]1C[C@@H]1c1ccccc1. The molecular formula is C15H16N2O. The molecule has 1 aromatic carbocycles. The maximum atomic E-state index is 12.0. The number of hydrogen-bond donors (Lipinski definition) is 1. The van der Waals surface area contributed by atoms with Crippen molar-refractivity contribution >= 4 is 5.91 Å². The number of nitrogens with one attached hydrogen (secondary N) is 1. The Kier molecular flexibility index (Phi) is 2.67. The fourth-order valence-corrected chi connectivity index (χ4v) is 2.36. The summed E-state index contributed by atoms with van der Waals surface area (Å²) >= 11 is 0. The van der Waals surface area contributed by atoms with Crippen molar-refractivity contribution in [3.05, 3.63) is 59.9 Å². The van der Waals surface area contributed by atoms with Crippen LogP contribution in [0, 0.1) is 0 Å². The molecule has 0 spiro atoms. The van der Waals surface area contributed by atoms with Crippen molar-refractivity contribution in [3.8, 4) is 0 Å². The summed E-state index contributed by atoms with van der Waals surface area (Å²) in [6.45, 7) is 0. The van der Waals surface area contributed by atoms with Gasteiger partial charge in [-0.05, 0) is 24.1 Å². The number of aromatic nitrogens is 1. The van der Waals surface area contributed by atoms with E-state index >= 15 is 0 Å². The van der Waals surface area contributed by atoms with Crippen LogP contribution >= 0.6 is 0 Å². The first-order chi connectivity index (χ1) is 8.75. The van der Waals surface area contributed by atoms with Gasteiger partial charge in [-0.15, -0.1) is 0 Å². The van der Waals surface area contributed by atoms with Crippen LogP contribution in [0.15, 0.2) is 48.7 Å². The number of aryl methyl sites for hydroxylation is 1. The largest absolute Gasteiger partial charge is 0.347 e. The van der Waals surface area contributed by atoms with E-state index in [-0.39, 0.29) is 11.9 Å². The zero-order valence-electron chi connectivity index (χ0n) is 10.3. The van der Waals surface area contributed by atoms with Gasteiger partial charge in [0.1, 0.15) is 5.69 Å². The number of carbonyl (C=O) groups is 1. The van der Waals surface area contributed by atoms with Crippen LogP contribution in [0.1, 0.15) is 28.4 Å². The Morgan fingerprint density at radius 2 is 2.00 bits per heavy atom. The standard InChI is InChI=1S/C15H16N2O/c1-17-9-5-8-14(17)15(18)16-13-10-12(13)11-6-3-2-4-7-11/h2-9,12-13H,10H2,1H3,(H,16,18)/t12-,13+/m1/s1. The quantitative estimate of drug-likeness (QED) is 0.877. The number of rotatable bonds is 3. The van der Waals surface area contributed by atoms with E-state index in [1.807, 2.05) is 48.1 Å². The number of amides is 1. The molecule has 1 fully saturated rings. The first-order valence-electron chi connectivity index (χ1n) is 6.23. The lowest BCUT2D eigenvalue weighted by Gasteiger charge is -2.05. The third-order valence-corrected chi connectivity index (χ3v) is 3.51. The Labute approximate surface area is 106 Å². The molecule has 1 N–H and O–H groups in total. The highest BCUT2D eigenvalue weighted by Crippen LogP contribution is 2.40. The highest BCUT2D eigenvalue weighted by Gasteiger charge is 2.39. The Balaban J connectivity index is 1.64. The molecule has 1 amide bonds. The molecule has 1 heterocycles. The van der Waals surface area contributed by atoms with Crippen molar-refractivity contribution in [1.82, 2.24) is 9.88 Å². The van der Waals surface area contributed by atoms with Gasteiger partial charge in [-0.2, -0.15) is 0 Å². The maximum Gasteiger partial charge on any atom is 0.268 e. The summed E-state index contributed by atoms with van der Waals surface area (Å²) in [4.78, 5) is 12.0. The molecule has 2 aromatic rings. The second-order valence-electron chi connectivity index (χ2n) is 4.84. The average Bonchev–Trinajstić information content (AvgIpc) is 3.01. The van der Waals surface area contributed by atoms with E-state index in [4.69, 9.17) is 0 Å². The highest BCUT2D eigenvalue weighted by atomic mass is 16.2. The van der Waals surface area contributed by atoms with Gasteiger partial charge in [0.2, 0.25) is 0 Å². The van der Waals surface area contributed by atoms with E-state index in [0.717, 1.165) is 6.42 Å². The van der Waals surface area contributed by atoms with E-state index in [1.54, 1.807) is 0 Å². The lowest BCUT2D eigenvalue weighted by molar-refractivity contribution is 0.0942. The van der Waals surface area contributed by atoms with Crippen LogP contribution in [0.4, 0.5) is 0 Å². The minimum atomic E-state index is 0.0194. The number of hydrogen-bond acceptors (Lipinski definition) is 1. The minimum absolute atomic E-state index is 0.0194. The Morgan fingerprint density at radius 3 is 2.67 bits per heavy atom. The van der Waals surface area contributed by atoms with Crippen LogP contribution < -0.4 is 5.32 Å². The lowest BCUT2D eigenvalue weighted by atomic mass is 10.1. The molecule has 0 radical (unpaired) electrons. The van der Waals surface area contributed by atoms with Gasteiger partial charge in [0.15, 0.2) is 0 Å². The number of nitrogens with zero attached hydrogens (tertiary/aromatic N) is 1. The Hall–Kier alpha value is -2.03. The van der Waals surface area contributed by atoms with Crippen LogP contribution in [0.5, 0.6) is 0 Å². The molecule has 0 bridgehead atoms. The summed E-state index contributed by atoms with van der Waals surface area (Å²) in [7, 11) is 1.89. The van der Waals surface area contributed by atoms with E-state index < -0.39 is 0 Å². The van der Waals surface area contributed by atoms with Gasteiger partial charge in [0.25, 0.3) is 5.91 Å². The first kappa shape index (κ1) is 11.1. The Bertz CT molecular complexity index is 559. The second-order valence-corrected chi connectivity index (χ2v) is 4.84. The molecule has 1 saturated carbocycles. The summed E-state index contributed by atoms with van der Waals surface area (Å²) in [5.74, 6) is 0.501. The lowest BCUT2D eigenvalue weighted by Crippen LogP contribution is -2.28. The second kappa shape index (κ2) is 4.33. The molecule has 92 valence electrons. The average molecular weight is 240 g/mol. The molecule has 2 atom stereocenters. The maximum absolute atomic E-state index is 12.0. The van der Waals surface area contributed by atoms with Crippen LogP contribution in [-0.4, -0.2) is 16.5 Å². The number of benzene rings is 1. The molecule has 0 unspecified atom stereocenters. The van der Waals surface area contributed by atoms with E-state index in [1.165, 1.54) is 5.56 Å². The van der Waals surface area contributed by atoms with Crippen LogP contribution in [-0.2, 0) is 7.05 Å². The zero-order valence-corrected chi connectivity index (χ0v) is 10.3. The van der Waals surface area contributed by atoms with Crippen LogP contribution in [0.2, 0.25) is 0 Å². The molecule has 1 aliphatic rings. The third kappa shape index (κ3) is 2.04.